The van der Waals surface area contributed by atoms with Crippen LogP contribution >= 0.6 is 34.8 Å². The minimum atomic E-state index is -0.222. The molecular formula is C22H21Cl3N4O. The lowest BCUT2D eigenvalue weighted by atomic mass is 9.91. The second kappa shape index (κ2) is 8.88. The molecule has 2 aliphatic rings. The summed E-state index contributed by atoms with van der Waals surface area (Å²) in [7, 11) is 0. The number of carbonyl (C=O) groups is 1. The molecule has 30 heavy (non-hydrogen) atoms. The SMILES string of the molecule is C[C@@H]1C(C(=O)NN2C=CCCC2)=NN(c2ccc(Cl)cc2Cl)[C@@H]1c1ccc(Cl)cc1. The predicted molar refractivity (Wildman–Crippen MR) is 123 cm³/mol. The molecule has 2 atom stereocenters. The number of carbonyl (C=O) groups excluding carboxylic acids is 1. The summed E-state index contributed by atoms with van der Waals surface area (Å²) in [5.41, 5.74) is 5.06. The van der Waals surface area contributed by atoms with Crippen molar-refractivity contribution in [3.63, 3.8) is 0 Å². The fourth-order valence-electron chi connectivity index (χ4n) is 3.78. The van der Waals surface area contributed by atoms with E-state index in [2.05, 4.69) is 5.43 Å². The average molecular weight is 464 g/mol. The maximum absolute atomic E-state index is 13.1. The maximum atomic E-state index is 13.1. The lowest BCUT2D eigenvalue weighted by Gasteiger charge is -2.28. The number of hydrogen-bond acceptors (Lipinski definition) is 4. The molecule has 1 amide bonds. The Morgan fingerprint density at radius 3 is 2.50 bits per heavy atom. The van der Waals surface area contributed by atoms with Gasteiger partial charge in [-0.15, -0.1) is 0 Å². The third-order valence-electron chi connectivity index (χ3n) is 5.28. The van der Waals surface area contributed by atoms with Gasteiger partial charge in [-0.3, -0.25) is 20.2 Å². The van der Waals surface area contributed by atoms with Crippen molar-refractivity contribution in [2.75, 3.05) is 11.6 Å². The van der Waals surface area contributed by atoms with Crippen molar-refractivity contribution >= 4 is 52.1 Å². The van der Waals surface area contributed by atoms with Crippen LogP contribution in [0.15, 0.2) is 59.8 Å². The Kier molecular flexibility index (Phi) is 6.23. The van der Waals surface area contributed by atoms with Gasteiger partial charge in [-0.2, -0.15) is 5.10 Å². The van der Waals surface area contributed by atoms with Gasteiger partial charge in [0.1, 0.15) is 5.71 Å². The molecule has 0 saturated carbocycles. The minimum absolute atomic E-state index is 0.174. The molecule has 2 aliphatic heterocycles. The number of rotatable bonds is 4. The van der Waals surface area contributed by atoms with Crippen LogP contribution < -0.4 is 10.4 Å². The lowest BCUT2D eigenvalue weighted by Crippen LogP contribution is -2.44. The van der Waals surface area contributed by atoms with Crippen LogP contribution in [0.4, 0.5) is 5.69 Å². The third kappa shape index (κ3) is 4.29. The molecule has 0 aliphatic carbocycles. The Balaban J connectivity index is 1.70. The lowest BCUT2D eigenvalue weighted by molar-refractivity contribution is -0.118. The van der Waals surface area contributed by atoms with Crippen molar-refractivity contribution < 1.29 is 4.79 Å². The molecule has 0 unspecified atom stereocenters. The minimum Gasteiger partial charge on any atom is -0.293 e. The highest BCUT2D eigenvalue weighted by molar-refractivity contribution is 6.41. The largest absolute Gasteiger partial charge is 0.293 e. The first kappa shape index (κ1) is 21.0. The summed E-state index contributed by atoms with van der Waals surface area (Å²) in [6, 6.07) is 12.6. The van der Waals surface area contributed by atoms with Gasteiger partial charge in [-0.25, -0.2) is 0 Å². The molecule has 8 heteroatoms. The number of halogens is 3. The highest BCUT2D eigenvalue weighted by Gasteiger charge is 2.40. The highest BCUT2D eigenvalue weighted by atomic mass is 35.5. The number of hydrogen-bond donors (Lipinski definition) is 1. The van der Waals surface area contributed by atoms with Gasteiger partial charge in [0.25, 0.3) is 5.91 Å². The fourth-order valence-corrected chi connectivity index (χ4v) is 4.40. The van der Waals surface area contributed by atoms with Gasteiger partial charge in [0.05, 0.1) is 16.8 Å². The molecule has 2 heterocycles. The van der Waals surface area contributed by atoms with Crippen LogP contribution in [-0.4, -0.2) is 23.2 Å². The summed E-state index contributed by atoms with van der Waals surface area (Å²) in [6.45, 7) is 2.77. The highest BCUT2D eigenvalue weighted by Crippen LogP contribution is 2.42. The van der Waals surface area contributed by atoms with E-state index in [4.69, 9.17) is 39.9 Å². The van der Waals surface area contributed by atoms with Crippen LogP contribution in [0.5, 0.6) is 0 Å². The Labute approximate surface area is 190 Å². The summed E-state index contributed by atoms with van der Waals surface area (Å²) in [5, 5.41) is 9.96. The van der Waals surface area contributed by atoms with E-state index in [-0.39, 0.29) is 17.9 Å². The summed E-state index contributed by atoms with van der Waals surface area (Å²) in [6.07, 6.45) is 5.95. The number of benzene rings is 2. The summed E-state index contributed by atoms with van der Waals surface area (Å²) in [4.78, 5) is 13.1. The fraction of sp³-hybridized carbons (Fsp3) is 0.273. The molecule has 1 N–H and O–H groups in total. The molecule has 4 rings (SSSR count). The number of hydrazone groups is 1. The number of anilines is 1. The number of allylic oxidation sites excluding steroid dienone is 1. The molecular weight excluding hydrogens is 443 g/mol. The first-order valence-corrected chi connectivity index (χ1v) is 10.9. The quantitative estimate of drug-likeness (QED) is 0.619. The standard InChI is InChI=1S/C22H21Cl3N4O/c1-14-20(22(30)27-28-11-3-2-4-12-28)26-29(19-10-9-17(24)13-18(19)25)21(14)15-5-7-16(23)8-6-15/h3,5-11,13-14,21H,2,4,12H2,1H3,(H,27,30)/t14-,21+/m1/s1. The van der Waals surface area contributed by atoms with E-state index in [1.54, 1.807) is 22.2 Å². The van der Waals surface area contributed by atoms with Crippen LogP contribution in [0.25, 0.3) is 0 Å². The first-order chi connectivity index (χ1) is 14.4. The average Bonchev–Trinajstić information content (AvgIpc) is 3.06. The van der Waals surface area contributed by atoms with Crippen molar-refractivity contribution in [1.29, 1.82) is 0 Å². The normalized spacial score (nSPS) is 21.0. The van der Waals surface area contributed by atoms with E-state index in [1.807, 2.05) is 49.5 Å². The smallest absolute Gasteiger partial charge is 0.286 e. The predicted octanol–water partition coefficient (Wildman–Crippen LogP) is 5.84. The Hall–Kier alpha value is -2.21. The topological polar surface area (TPSA) is 47.9 Å². The van der Waals surface area contributed by atoms with Gasteiger partial charge in [0.15, 0.2) is 0 Å². The molecule has 2 aromatic carbocycles. The summed E-state index contributed by atoms with van der Waals surface area (Å²) < 4.78 is 0. The molecule has 2 aromatic rings. The number of nitrogens with one attached hydrogen (secondary N) is 1. The van der Waals surface area contributed by atoms with Crippen LogP contribution in [0, 0.1) is 5.92 Å². The summed E-state index contributed by atoms with van der Waals surface area (Å²) >= 11 is 18.6. The Morgan fingerprint density at radius 1 is 1.10 bits per heavy atom. The van der Waals surface area contributed by atoms with E-state index in [9.17, 15) is 4.79 Å². The number of nitrogens with zero attached hydrogens (tertiary/aromatic N) is 3. The zero-order valence-electron chi connectivity index (χ0n) is 16.4. The van der Waals surface area contributed by atoms with E-state index in [0.29, 0.717) is 26.5 Å². The van der Waals surface area contributed by atoms with Gasteiger partial charge in [0.2, 0.25) is 0 Å². The van der Waals surface area contributed by atoms with Crippen molar-refractivity contribution in [3.05, 3.63) is 75.4 Å². The summed E-state index contributed by atoms with van der Waals surface area (Å²) in [5.74, 6) is -0.396. The van der Waals surface area contributed by atoms with Crippen molar-refractivity contribution in [1.82, 2.24) is 10.4 Å². The third-order valence-corrected chi connectivity index (χ3v) is 6.07. The Morgan fingerprint density at radius 2 is 1.83 bits per heavy atom. The first-order valence-electron chi connectivity index (χ1n) is 9.76. The van der Waals surface area contributed by atoms with E-state index >= 15 is 0 Å². The zero-order valence-corrected chi connectivity index (χ0v) is 18.6. The van der Waals surface area contributed by atoms with Crippen LogP contribution in [0.2, 0.25) is 15.1 Å². The number of hydrazine groups is 1. The molecule has 156 valence electrons. The molecule has 0 radical (unpaired) electrons. The van der Waals surface area contributed by atoms with Gasteiger partial charge in [-0.1, -0.05) is 59.9 Å². The second-order valence-corrected chi connectivity index (χ2v) is 8.65. The Bertz CT molecular complexity index is 1010. The van der Waals surface area contributed by atoms with Crippen molar-refractivity contribution in [2.24, 2.45) is 11.0 Å². The van der Waals surface area contributed by atoms with E-state index in [1.165, 1.54) is 0 Å². The van der Waals surface area contributed by atoms with Gasteiger partial charge in [0, 0.05) is 28.7 Å². The molecule has 0 spiro atoms. The van der Waals surface area contributed by atoms with Gasteiger partial charge < -0.3 is 0 Å². The maximum Gasteiger partial charge on any atom is 0.286 e. The molecule has 5 nitrogen and oxygen atoms in total. The molecule has 0 bridgehead atoms. The van der Waals surface area contributed by atoms with Gasteiger partial charge >= 0.3 is 0 Å². The van der Waals surface area contributed by atoms with Crippen LogP contribution in [-0.2, 0) is 4.79 Å². The molecule has 0 fully saturated rings. The van der Waals surface area contributed by atoms with Crippen molar-refractivity contribution in [3.8, 4) is 0 Å². The zero-order chi connectivity index (χ0) is 21.3. The van der Waals surface area contributed by atoms with Crippen LogP contribution in [0.1, 0.15) is 31.4 Å². The number of amides is 1. The van der Waals surface area contributed by atoms with E-state index in [0.717, 1.165) is 24.9 Å². The second-order valence-electron chi connectivity index (χ2n) is 7.37. The van der Waals surface area contributed by atoms with Crippen molar-refractivity contribution in [2.45, 2.75) is 25.8 Å². The molecule has 0 aromatic heterocycles. The van der Waals surface area contributed by atoms with Crippen LogP contribution in [0.3, 0.4) is 0 Å². The van der Waals surface area contributed by atoms with Gasteiger partial charge in [-0.05, 0) is 48.7 Å². The van der Waals surface area contributed by atoms with E-state index < -0.39 is 0 Å². The monoisotopic (exact) mass is 462 g/mol. The molecule has 0 saturated heterocycles.